The van der Waals surface area contributed by atoms with Crippen molar-refractivity contribution < 1.29 is 150 Å². The Morgan fingerprint density at radius 1 is 0.534 bits per heavy atom. The zero-order valence-electron chi connectivity index (χ0n) is 82.2. The van der Waals surface area contributed by atoms with Gasteiger partial charge in [0.05, 0.1) is 106 Å². The van der Waals surface area contributed by atoms with E-state index in [1.165, 1.54) is 42.7 Å². The number of carboxylic acids is 1. The molecule has 766 valence electrons. The van der Waals surface area contributed by atoms with Crippen molar-refractivity contribution in [2.45, 2.75) is 295 Å². The topological polar surface area (TPSA) is 509 Å². The van der Waals surface area contributed by atoms with Gasteiger partial charge < -0.3 is 128 Å². The summed E-state index contributed by atoms with van der Waals surface area (Å²) in [5.41, 5.74) is 0.606. The lowest BCUT2D eigenvalue weighted by Crippen LogP contribution is -2.59. The molecule has 0 bridgehead atoms. The van der Waals surface area contributed by atoms with Gasteiger partial charge in [-0.25, -0.2) is 4.98 Å². The molecule has 41 heteroatoms. The number of amides is 6. The first-order valence-corrected chi connectivity index (χ1v) is 48.1. The Kier molecular flexibility index (Phi) is 70.6. The predicted molar refractivity (Wildman–Crippen MR) is 498 cm³/mol. The lowest BCUT2D eigenvalue weighted by Gasteiger charge is -2.41. The van der Waals surface area contributed by atoms with Crippen molar-refractivity contribution in [3.05, 3.63) is 60.3 Å². The van der Waals surface area contributed by atoms with E-state index in [4.69, 9.17) is 91.8 Å². The molecule has 18 atom stereocenters. The minimum atomic E-state index is -0.946. The number of aromatic nitrogens is 1. The number of likely N-dealkylation sites (tertiary alicyclic amines) is 1. The van der Waals surface area contributed by atoms with Crippen LogP contribution in [0.5, 0.6) is 0 Å². The van der Waals surface area contributed by atoms with Gasteiger partial charge in [-0.05, 0) is 125 Å². The predicted octanol–water partition coefficient (Wildman–Crippen LogP) is 6.71. The van der Waals surface area contributed by atoms with Gasteiger partial charge in [-0.1, -0.05) is 130 Å². The Bertz CT molecular complexity index is 3460. The molecule has 10 N–H and O–H groups in total. The van der Waals surface area contributed by atoms with Gasteiger partial charge in [-0.3, -0.25) is 57.6 Å². The number of aliphatic hydroxyl groups excluding tert-OH is 5. The number of nitrogens with zero attached hydrogens (tertiary/aromatic N) is 4. The van der Waals surface area contributed by atoms with Crippen molar-refractivity contribution >= 4 is 86.9 Å². The molecular weight excluding hydrogens is 1780 g/mol. The SMILES string of the molecule is CCC(CO)OC(CO)OC.CCC(CO)OC(COC(=O)CCCC(=O)NCC(=O)OC(c1ccccc1)[C@@H](C)NC(=O)[C@H](C)[C@@H](OC)[C@@H]1CCCN1C(=O)C[C@@H](OC)C([C@@H](C)CC)N(C)C(=O)C(NC(=O)[C@H](C(C)C)N(C)C)C(C)C)OC.CCC(CO)OC(COC(=O)CCCC(=O)NCCSSc1ccccn1)OC.CCC(CO)OC(COC(=O)CCCC(=O)O)OC. The Balaban J connectivity index is 0.00000236. The maximum absolute atomic E-state index is 14.5. The van der Waals surface area contributed by atoms with Gasteiger partial charge in [0.15, 0.2) is 25.2 Å². The molecule has 1 saturated heterocycles. The molecule has 11 unspecified atom stereocenters. The molecule has 1 aromatic heterocycles. The van der Waals surface area contributed by atoms with E-state index in [2.05, 4.69) is 26.3 Å². The Morgan fingerprint density at radius 2 is 1.01 bits per heavy atom. The molecule has 1 aliphatic rings. The molecule has 3 rings (SSSR count). The van der Waals surface area contributed by atoms with E-state index in [9.17, 15) is 57.8 Å². The second-order valence-electron chi connectivity index (χ2n) is 32.5. The molecule has 6 amide bonds. The highest BCUT2D eigenvalue weighted by Gasteiger charge is 2.44. The van der Waals surface area contributed by atoms with E-state index in [1.807, 2.05) is 106 Å². The number of carbonyl (C=O) groups excluding carboxylic acids is 10. The number of methoxy groups -OCH3 is 6. The number of hydrogen-bond donors (Lipinski definition) is 10. The molecule has 1 aliphatic heterocycles. The summed E-state index contributed by atoms with van der Waals surface area (Å²) in [6.45, 7) is 22.2. The fourth-order valence-electron chi connectivity index (χ4n) is 13.7. The summed E-state index contributed by atoms with van der Waals surface area (Å²) in [7, 11) is 17.3. The minimum absolute atomic E-state index is 0.0105. The standard InChI is InChI=1S/C54H92N6O14.C19H30N2O6S2.C12H22O7.C7H16O4/c1-16-35(7)49(59(12)54(68)47(33(3)4)57-53(67)48(34(5)6)58(10)11)41(69-13)29-43(63)60-28-22-25-40(60)50(71-15)36(8)52(66)56-37(9)51(38-23-19-18-20-24-38)74-45(65)30-55-42(62)26-21-27-44(64)72-32-46(70-14)73-39(17-2)31-61;1-3-15(13-22)27-19(25-2)14-26-18(24)9-6-7-16(23)20-11-12-28-29-17-8-4-5-10-21-17;1-3-9(7-13)19-12(17-2)8-18-11(16)6-4-5-10(14)15;1-3-6(4-8)11-7(5-9)10-2/h18-20,23-24,33-37,39-41,46-51,61H,16-17,21-22,25-32H2,1-15H3,(H,55,62)(H,56,66)(H,57,67);4-5,8,10,15,19,22H,3,6-7,9,11-14H2,1-2H3,(H,20,23);9,12-13H,3-8H2,1-2H3,(H,14,15);6-9H,3-5H2,1-2H3/t35-,36+,37+,39?,40-,41+,46?,47?,48-,49?,50+,51?;;;/m0.../s1. The van der Waals surface area contributed by atoms with Crippen LogP contribution in [0.25, 0.3) is 0 Å². The van der Waals surface area contributed by atoms with Gasteiger partial charge >= 0.3 is 29.8 Å². The van der Waals surface area contributed by atoms with Crippen LogP contribution in [-0.2, 0) is 119 Å². The summed E-state index contributed by atoms with van der Waals surface area (Å²) in [5.74, 6) is -5.13. The van der Waals surface area contributed by atoms with Gasteiger partial charge in [-0.2, -0.15) is 0 Å². The van der Waals surface area contributed by atoms with Crippen LogP contribution >= 0.6 is 21.6 Å². The maximum Gasteiger partial charge on any atom is 0.326 e. The van der Waals surface area contributed by atoms with Gasteiger partial charge in [0.1, 0.15) is 43.5 Å². The first-order valence-electron chi connectivity index (χ1n) is 45.7. The van der Waals surface area contributed by atoms with E-state index in [1.54, 1.807) is 88.8 Å². The zero-order chi connectivity index (χ0) is 101. The summed E-state index contributed by atoms with van der Waals surface area (Å²) < 4.78 is 74.6. The number of rotatable bonds is 67. The molecule has 2 heterocycles. The van der Waals surface area contributed by atoms with Crippen LogP contribution < -0.4 is 21.3 Å². The lowest BCUT2D eigenvalue weighted by molar-refractivity contribution is -0.194. The normalized spacial score (nSPS) is 16.3. The average Bonchev–Trinajstić information content (AvgIpc) is 1.79. The average molecular weight is 1940 g/mol. The van der Waals surface area contributed by atoms with E-state index in [0.29, 0.717) is 70.0 Å². The number of pyridine rings is 1. The van der Waals surface area contributed by atoms with E-state index >= 15 is 0 Å². The molecule has 0 radical (unpaired) electrons. The van der Waals surface area contributed by atoms with Gasteiger partial charge in [0.25, 0.3) is 0 Å². The highest BCUT2D eigenvalue weighted by atomic mass is 33.1. The molecule has 39 nitrogen and oxygen atoms in total. The third kappa shape index (κ3) is 52.7. The zero-order valence-corrected chi connectivity index (χ0v) is 83.9. The highest BCUT2D eigenvalue weighted by molar-refractivity contribution is 8.76. The number of likely N-dealkylation sites (N-methyl/N-ethyl adjacent to an activating group) is 2. The minimum Gasteiger partial charge on any atom is -0.481 e. The summed E-state index contributed by atoms with van der Waals surface area (Å²) in [5, 5.41) is 65.5. The molecule has 133 heavy (non-hydrogen) atoms. The second kappa shape index (κ2) is 74.7. The fourth-order valence-corrected chi connectivity index (χ4v) is 15.5. The Labute approximate surface area is 795 Å². The van der Waals surface area contributed by atoms with Crippen molar-refractivity contribution in [1.82, 2.24) is 41.0 Å². The third-order valence-electron chi connectivity index (χ3n) is 21.6. The summed E-state index contributed by atoms with van der Waals surface area (Å²) in [4.78, 5) is 149. The molecule has 0 aliphatic carbocycles. The highest BCUT2D eigenvalue weighted by Crippen LogP contribution is 2.32. The van der Waals surface area contributed by atoms with Crippen LogP contribution in [0, 0.1) is 23.7 Å². The lowest BCUT2D eigenvalue weighted by atomic mass is 9.89. The number of aliphatic carboxylic acids is 1. The number of benzene rings is 1. The summed E-state index contributed by atoms with van der Waals surface area (Å²) in [6, 6.07) is 11.7. The number of esters is 4. The Hall–Kier alpha value is -7.40. The van der Waals surface area contributed by atoms with Crippen molar-refractivity contribution in [2.24, 2.45) is 23.7 Å². The van der Waals surface area contributed by atoms with E-state index in [0.717, 1.165) is 10.8 Å². The molecule has 1 fully saturated rings. The monoisotopic (exact) mass is 1940 g/mol. The summed E-state index contributed by atoms with van der Waals surface area (Å²) >= 11 is 0. The van der Waals surface area contributed by atoms with Crippen molar-refractivity contribution in [3.63, 3.8) is 0 Å². The number of carboxylic acid groups (broad SMARTS) is 1. The van der Waals surface area contributed by atoms with Gasteiger partial charge in [-0.15, -0.1) is 0 Å². The van der Waals surface area contributed by atoms with Gasteiger partial charge in [0.2, 0.25) is 35.4 Å². The van der Waals surface area contributed by atoms with Crippen molar-refractivity contribution in [2.75, 3.05) is 142 Å². The fraction of sp³-hybridized carbons (Fsp3) is 0.761. The van der Waals surface area contributed by atoms with E-state index in [-0.39, 0.29) is 170 Å². The van der Waals surface area contributed by atoms with Crippen LogP contribution in [0.3, 0.4) is 0 Å². The molecule has 1 aromatic carbocycles. The molecule has 0 saturated carbocycles. The van der Waals surface area contributed by atoms with E-state index < -0.39 is 134 Å². The van der Waals surface area contributed by atoms with Crippen LogP contribution in [0.15, 0.2) is 59.8 Å². The van der Waals surface area contributed by atoms with Gasteiger partial charge in [0, 0.05) is 113 Å². The number of ether oxygens (including phenoxy) is 14. The summed E-state index contributed by atoms with van der Waals surface area (Å²) in [6.07, 6.45) is 0.489. The first kappa shape index (κ1) is 126. The molecular formula is C92H160N8O31S2. The van der Waals surface area contributed by atoms with Crippen LogP contribution in [0.1, 0.15) is 204 Å². The number of nitrogens with one attached hydrogen (secondary N) is 4. The van der Waals surface area contributed by atoms with Crippen LogP contribution in [-0.4, -0.2) is 350 Å². The number of carbonyl (C=O) groups is 11. The van der Waals surface area contributed by atoms with Crippen molar-refractivity contribution in [1.29, 1.82) is 0 Å². The molecule has 2 aromatic rings. The van der Waals surface area contributed by atoms with Crippen LogP contribution in [0.2, 0.25) is 0 Å². The van der Waals surface area contributed by atoms with Crippen molar-refractivity contribution in [3.8, 4) is 0 Å². The molecule has 0 spiro atoms. The van der Waals surface area contributed by atoms with Crippen LogP contribution in [0.4, 0.5) is 0 Å². The Morgan fingerprint density at radius 3 is 1.41 bits per heavy atom. The number of hydrogen-bond acceptors (Lipinski definition) is 34. The largest absolute Gasteiger partial charge is 0.481 e. The number of aliphatic hydroxyl groups is 5. The quantitative estimate of drug-likeness (QED) is 0.0108. The smallest absolute Gasteiger partial charge is 0.326 e. The second-order valence-corrected chi connectivity index (χ2v) is 35.0. The third-order valence-corrected chi connectivity index (χ3v) is 23.8. The maximum atomic E-state index is 14.5. The first-order chi connectivity index (χ1) is 63.4.